The van der Waals surface area contributed by atoms with Gasteiger partial charge >= 0.3 is 5.97 Å². The fourth-order valence-electron chi connectivity index (χ4n) is 5.34. The van der Waals surface area contributed by atoms with Gasteiger partial charge in [0.15, 0.2) is 11.5 Å². The van der Waals surface area contributed by atoms with E-state index in [0.717, 1.165) is 31.4 Å². The highest BCUT2D eigenvalue weighted by atomic mass is 35.5. The smallest absolute Gasteiger partial charge is 0.343 e. The Morgan fingerprint density at radius 1 is 0.784 bits per heavy atom. The molecule has 0 spiro atoms. The zero-order chi connectivity index (χ0) is 26.1. The van der Waals surface area contributed by atoms with Gasteiger partial charge in [0.05, 0.1) is 11.1 Å². The van der Waals surface area contributed by atoms with Crippen LogP contribution in [-0.2, 0) is 4.74 Å². The molecule has 1 fully saturated rings. The number of hydrogen-bond acceptors (Lipinski definition) is 5. The van der Waals surface area contributed by atoms with Crippen LogP contribution in [0.4, 0.5) is 5.69 Å². The summed E-state index contributed by atoms with van der Waals surface area (Å²) in [6, 6.07) is 21.6. The minimum Gasteiger partial charge on any atom is -0.418 e. The molecule has 2 aliphatic rings. The molecule has 3 aromatic carbocycles. The maximum atomic E-state index is 13.7. The highest BCUT2D eigenvalue weighted by Crippen LogP contribution is 2.42. The number of halogens is 1. The van der Waals surface area contributed by atoms with E-state index in [2.05, 4.69) is 0 Å². The van der Waals surface area contributed by atoms with Gasteiger partial charge in [-0.15, -0.1) is 0 Å². The number of esters is 1. The van der Waals surface area contributed by atoms with Crippen LogP contribution in [-0.4, -0.2) is 31.6 Å². The third-order valence-corrected chi connectivity index (χ3v) is 7.65. The lowest BCUT2D eigenvalue weighted by Crippen LogP contribution is -2.30. The van der Waals surface area contributed by atoms with Crippen LogP contribution in [0.2, 0.25) is 5.02 Å². The SMILES string of the molecule is CN(C)c1ccc(C(=O)OC2=C(C3CCC(c4ccc(Cl)cc4)CC3)C(=O)c3ccccc3C2=O)cc1. The van der Waals surface area contributed by atoms with Gasteiger partial charge in [0.25, 0.3) is 0 Å². The molecule has 0 atom stereocenters. The molecule has 2 aliphatic carbocycles. The van der Waals surface area contributed by atoms with Crippen molar-refractivity contribution in [2.24, 2.45) is 5.92 Å². The average Bonchev–Trinajstić information content (AvgIpc) is 2.92. The van der Waals surface area contributed by atoms with Gasteiger partial charge in [0, 0.05) is 35.9 Å². The van der Waals surface area contributed by atoms with Gasteiger partial charge in [0.1, 0.15) is 0 Å². The first kappa shape index (κ1) is 25.0. The minimum atomic E-state index is -0.645. The maximum Gasteiger partial charge on any atom is 0.343 e. The molecular formula is C31H28ClNO4. The molecule has 0 unspecified atom stereocenters. The summed E-state index contributed by atoms with van der Waals surface area (Å²) in [5, 5.41) is 0.704. The predicted molar refractivity (Wildman–Crippen MR) is 144 cm³/mol. The van der Waals surface area contributed by atoms with E-state index >= 15 is 0 Å². The van der Waals surface area contributed by atoms with Crippen molar-refractivity contribution in [3.8, 4) is 0 Å². The van der Waals surface area contributed by atoms with Crippen LogP contribution in [0.1, 0.15) is 68.2 Å². The Labute approximate surface area is 221 Å². The summed E-state index contributed by atoms with van der Waals surface area (Å²) in [4.78, 5) is 42.2. The molecular weight excluding hydrogens is 486 g/mol. The Hall–Kier alpha value is -3.70. The standard InChI is InChI=1S/C31H28ClNO4/c1-33(2)24-17-13-22(14-18-24)31(36)37-30-27(28(34)25-5-3-4-6-26(25)29(30)35)21-9-7-19(8-10-21)20-11-15-23(32)16-12-20/h3-6,11-19,21H,7-10H2,1-2H3. The van der Waals surface area contributed by atoms with Crippen LogP contribution in [0.25, 0.3) is 0 Å². The summed E-state index contributed by atoms with van der Waals surface area (Å²) in [7, 11) is 3.83. The van der Waals surface area contributed by atoms with Gasteiger partial charge < -0.3 is 9.64 Å². The Morgan fingerprint density at radius 2 is 1.35 bits per heavy atom. The third kappa shape index (κ3) is 4.96. The molecule has 0 N–H and O–H groups in total. The van der Waals surface area contributed by atoms with E-state index in [1.807, 2.05) is 55.4 Å². The number of ketones is 2. The van der Waals surface area contributed by atoms with Crippen LogP contribution < -0.4 is 4.90 Å². The number of Topliss-reactive ketones (excluding diaryl/α,β-unsaturated/α-hetero) is 2. The van der Waals surface area contributed by atoms with Gasteiger partial charge in [-0.2, -0.15) is 0 Å². The predicted octanol–water partition coefficient (Wildman–Crippen LogP) is 6.87. The molecule has 0 radical (unpaired) electrons. The van der Waals surface area contributed by atoms with Crippen LogP contribution >= 0.6 is 11.6 Å². The monoisotopic (exact) mass is 513 g/mol. The molecule has 0 saturated heterocycles. The maximum absolute atomic E-state index is 13.7. The largest absolute Gasteiger partial charge is 0.418 e. The van der Waals surface area contributed by atoms with Gasteiger partial charge in [-0.05, 0) is 79.5 Å². The van der Waals surface area contributed by atoms with E-state index in [0.29, 0.717) is 27.6 Å². The number of carbonyl (C=O) groups is 3. The summed E-state index contributed by atoms with van der Waals surface area (Å²) in [6.45, 7) is 0. The first-order valence-corrected chi connectivity index (χ1v) is 12.9. The molecule has 3 aromatic rings. The molecule has 1 saturated carbocycles. The summed E-state index contributed by atoms with van der Waals surface area (Å²) >= 11 is 6.05. The normalized spacial score (nSPS) is 19.4. The van der Waals surface area contributed by atoms with Crippen molar-refractivity contribution in [3.05, 3.63) is 111 Å². The lowest BCUT2D eigenvalue weighted by Gasteiger charge is -2.32. The van der Waals surface area contributed by atoms with Crippen LogP contribution in [0.3, 0.4) is 0 Å². The second-order valence-electron chi connectivity index (χ2n) is 9.88. The highest BCUT2D eigenvalue weighted by Gasteiger charge is 2.39. The molecule has 5 rings (SSSR count). The van der Waals surface area contributed by atoms with Crippen molar-refractivity contribution in [2.45, 2.75) is 31.6 Å². The van der Waals surface area contributed by atoms with Gasteiger partial charge in [-0.1, -0.05) is 48.0 Å². The summed E-state index contributed by atoms with van der Waals surface area (Å²) < 4.78 is 5.75. The first-order valence-electron chi connectivity index (χ1n) is 12.5. The number of carbonyl (C=O) groups excluding carboxylic acids is 3. The number of ether oxygens (including phenoxy) is 1. The number of anilines is 1. The van der Waals surface area contributed by atoms with Crippen molar-refractivity contribution in [1.82, 2.24) is 0 Å². The molecule has 0 aliphatic heterocycles. The Kier molecular flexibility index (Phi) is 6.98. The third-order valence-electron chi connectivity index (χ3n) is 7.40. The number of fused-ring (bicyclic) bond motifs is 1. The Bertz CT molecular complexity index is 1380. The Morgan fingerprint density at radius 3 is 1.95 bits per heavy atom. The second-order valence-corrected chi connectivity index (χ2v) is 10.3. The molecule has 0 heterocycles. The fourth-order valence-corrected chi connectivity index (χ4v) is 5.47. The van der Waals surface area contributed by atoms with E-state index in [-0.39, 0.29) is 23.0 Å². The molecule has 6 heteroatoms. The van der Waals surface area contributed by atoms with Crippen molar-refractivity contribution >= 4 is 34.8 Å². The molecule has 188 valence electrons. The van der Waals surface area contributed by atoms with Crippen LogP contribution in [0, 0.1) is 5.92 Å². The van der Waals surface area contributed by atoms with E-state index in [4.69, 9.17) is 16.3 Å². The van der Waals surface area contributed by atoms with Crippen molar-refractivity contribution < 1.29 is 19.1 Å². The fraction of sp³-hybridized carbons (Fsp3) is 0.258. The van der Waals surface area contributed by atoms with E-state index in [1.54, 1.807) is 36.4 Å². The number of nitrogens with zero attached hydrogens (tertiary/aromatic N) is 1. The van der Waals surface area contributed by atoms with E-state index in [1.165, 1.54) is 5.56 Å². The van der Waals surface area contributed by atoms with E-state index in [9.17, 15) is 14.4 Å². The number of allylic oxidation sites excluding steroid dienone is 2. The topological polar surface area (TPSA) is 63.7 Å². The first-order chi connectivity index (χ1) is 17.8. The lowest BCUT2D eigenvalue weighted by atomic mass is 9.72. The van der Waals surface area contributed by atoms with Crippen molar-refractivity contribution in [2.75, 3.05) is 19.0 Å². The zero-order valence-electron chi connectivity index (χ0n) is 20.9. The molecule has 37 heavy (non-hydrogen) atoms. The average molecular weight is 514 g/mol. The van der Waals surface area contributed by atoms with Gasteiger partial charge in [0.2, 0.25) is 5.78 Å². The van der Waals surface area contributed by atoms with Gasteiger partial charge in [-0.25, -0.2) is 4.79 Å². The number of benzene rings is 3. The zero-order valence-corrected chi connectivity index (χ0v) is 21.6. The second kappa shape index (κ2) is 10.3. The van der Waals surface area contributed by atoms with E-state index < -0.39 is 11.8 Å². The Balaban J connectivity index is 1.45. The van der Waals surface area contributed by atoms with Crippen molar-refractivity contribution in [1.29, 1.82) is 0 Å². The number of hydrogen-bond donors (Lipinski definition) is 0. The molecule has 0 amide bonds. The number of rotatable bonds is 5. The highest BCUT2D eigenvalue weighted by molar-refractivity contribution is 6.30. The lowest BCUT2D eigenvalue weighted by molar-refractivity contribution is 0.0574. The summed E-state index contributed by atoms with van der Waals surface area (Å²) in [6.07, 6.45) is 3.18. The molecule has 5 nitrogen and oxygen atoms in total. The molecule has 0 bridgehead atoms. The van der Waals surface area contributed by atoms with Gasteiger partial charge in [-0.3, -0.25) is 9.59 Å². The summed E-state index contributed by atoms with van der Waals surface area (Å²) in [5.41, 5.74) is 3.46. The molecule has 0 aromatic heterocycles. The van der Waals surface area contributed by atoms with Crippen molar-refractivity contribution in [3.63, 3.8) is 0 Å². The summed E-state index contributed by atoms with van der Waals surface area (Å²) in [5.74, 6) is -1.21. The van der Waals surface area contributed by atoms with Crippen LogP contribution in [0.5, 0.6) is 0 Å². The quantitative estimate of drug-likeness (QED) is 0.348. The van der Waals surface area contributed by atoms with Crippen LogP contribution in [0.15, 0.2) is 84.1 Å². The minimum absolute atomic E-state index is 0.125.